The van der Waals surface area contributed by atoms with Crippen LogP contribution in [0.4, 0.5) is 0 Å². The summed E-state index contributed by atoms with van der Waals surface area (Å²) in [5.74, 6) is -1.04. The average molecular weight is 317 g/mol. The quantitative estimate of drug-likeness (QED) is 0.876. The van der Waals surface area contributed by atoms with Crippen LogP contribution in [0, 0.1) is 5.92 Å². The Morgan fingerprint density at radius 3 is 2.35 bits per heavy atom. The number of carboxylic acid groups (broad SMARTS) is 1. The second kappa shape index (κ2) is 7.16. The highest BCUT2D eigenvalue weighted by molar-refractivity contribution is 5.77. The Kier molecular flexibility index (Phi) is 5.45. The first-order valence-corrected chi connectivity index (χ1v) is 8.37. The van der Waals surface area contributed by atoms with Crippen molar-refractivity contribution in [3.63, 3.8) is 0 Å². The van der Waals surface area contributed by atoms with Gasteiger partial charge in [-0.2, -0.15) is 0 Å². The Morgan fingerprint density at radius 1 is 1.17 bits per heavy atom. The maximum atomic E-state index is 12.0. The van der Waals surface area contributed by atoms with Gasteiger partial charge >= 0.3 is 5.97 Å². The van der Waals surface area contributed by atoms with Crippen LogP contribution >= 0.6 is 0 Å². The molecule has 0 unspecified atom stereocenters. The van der Waals surface area contributed by atoms with Crippen LogP contribution in [0.25, 0.3) is 0 Å². The van der Waals surface area contributed by atoms with E-state index < -0.39 is 5.97 Å². The van der Waals surface area contributed by atoms with E-state index in [1.54, 1.807) is 0 Å². The Bertz CT molecular complexity index is 557. The summed E-state index contributed by atoms with van der Waals surface area (Å²) < 4.78 is 0. The zero-order valence-corrected chi connectivity index (χ0v) is 14.3. The summed E-state index contributed by atoms with van der Waals surface area (Å²) in [4.78, 5) is 22.9. The van der Waals surface area contributed by atoms with Crippen molar-refractivity contribution in [2.45, 2.75) is 64.3 Å². The highest BCUT2D eigenvalue weighted by Gasteiger charge is 2.30. The molecule has 0 aliphatic heterocycles. The van der Waals surface area contributed by atoms with E-state index in [0.717, 1.165) is 12.0 Å². The van der Waals surface area contributed by atoms with Gasteiger partial charge in [0.05, 0.1) is 5.92 Å². The van der Waals surface area contributed by atoms with Gasteiger partial charge in [-0.3, -0.25) is 9.59 Å². The SMILES string of the molecule is CC(C)(C)c1ccc(CCC(=O)N[C@@H]2CC[C@H](C(=O)O)C2)cc1. The fourth-order valence-corrected chi connectivity index (χ4v) is 3.07. The number of aryl methyl sites for hydroxylation is 1. The van der Waals surface area contributed by atoms with Crippen LogP contribution in [-0.4, -0.2) is 23.0 Å². The number of benzene rings is 1. The van der Waals surface area contributed by atoms with Crippen LogP contribution in [0.5, 0.6) is 0 Å². The maximum absolute atomic E-state index is 12.0. The molecule has 23 heavy (non-hydrogen) atoms. The van der Waals surface area contributed by atoms with Crippen LogP contribution in [0.2, 0.25) is 0 Å². The third kappa shape index (κ3) is 5.08. The molecule has 1 aromatic rings. The summed E-state index contributed by atoms with van der Waals surface area (Å²) in [5.41, 5.74) is 2.58. The van der Waals surface area contributed by atoms with Crippen molar-refractivity contribution >= 4 is 11.9 Å². The Labute approximate surface area is 138 Å². The standard InChI is InChI=1S/C19H27NO3/c1-19(2,3)15-8-4-13(5-9-15)6-11-17(21)20-16-10-7-14(12-16)18(22)23/h4-5,8-9,14,16H,6-7,10-12H2,1-3H3,(H,20,21)(H,22,23)/t14-,16+/m0/s1. The highest BCUT2D eigenvalue weighted by atomic mass is 16.4. The van der Waals surface area contributed by atoms with E-state index in [9.17, 15) is 9.59 Å². The number of carboxylic acids is 1. The molecule has 0 bridgehead atoms. The fraction of sp³-hybridized carbons (Fsp3) is 0.579. The summed E-state index contributed by atoms with van der Waals surface area (Å²) in [5, 5.41) is 12.0. The monoisotopic (exact) mass is 317 g/mol. The van der Waals surface area contributed by atoms with Gasteiger partial charge in [0.15, 0.2) is 0 Å². The summed E-state index contributed by atoms with van der Waals surface area (Å²) in [6.07, 6.45) is 3.15. The van der Waals surface area contributed by atoms with E-state index in [4.69, 9.17) is 5.11 Å². The molecule has 2 atom stereocenters. The number of carbonyl (C=O) groups excluding carboxylic acids is 1. The summed E-state index contributed by atoms with van der Waals surface area (Å²) in [7, 11) is 0. The predicted molar refractivity (Wildman–Crippen MR) is 90.4 cm³/mol. The summed E-state index contributed by atoms with van der Waals surface area (Å²) >= 11 is 0. The van der Waals surface area contributed by atoms with E-state index in [1.165, 1.54) is 5.56 Å². The molecule has 1 aromatic carbocycles. The van der Waals surface area contributed by atoms with Crippen LogP contribution < -0.4 is 5.32 Å². The first kappa shape index (κ1) is 17.5. The molecule has 0 aromatic heterocycles. The third-order valence-electron chi connectivity index (χ3n) is 4.61. The highest BCUT2D eigenvalue weighted by Crippen LogP contribution is 2.26. The molecule has 1 aliphatic carbocycles. The predicted octanol–water partition coefficient (Wildman–Crippen LogP) is 3.29. The number of rotatable bonds is 5. The lowest BCUT2D eigenvalue weighted by atomic mass is 9.86. The second-order valence-electron chi connectivity index (χ2n) is 7.56. The number of hydrogen-bond donors (Lipinski definition) is 2. The van der Waals surface area contributed by atoms with Crippen molar-refractivity contribution in [1.29, 1.82) is 0 Å². The molecule has 0 spiro atoms. The lowest BCUT2D eigenvalue weighted by Gasteiger charge is -2.19. The van der Waals surface area contributed by atoms with Crippen LogP contribution in [0.15, 0.2) is 24.3 Å². The topological polar surface area (TPSA) is 66.4 Å². The zero-order chi connectivity index (χ0) is 17.0. The second-order valence-corrected chi connectivity index (χ2v) is 7.56. The Hall–Kier alpha value is -1.84. The van der Waals surface area contributed by atoms with Gasteiger partial charge in [-0.25, -0.2) is 0 Å². The van der Waals surface area contributed by atoms with Gasteiger partial charge in [0, 0.05) is 12.5 Å². The Balaban J connectivity index is 1.77. The molecular weight excluding hydrogens is 290 g/mol. The van der Waals surface area contributed by atoms with E-state index in [1.807, 2.05) is 0 Å². The molecule has 4 nitrogen and oxygen atoms in total. The van der Waals surface area contributed by atoms with Crippen LogP contribution in [0.3, 0.4) is 0 Å². The van der Waals surface area contributed by atoms with Crippen molar-refractivity contribution < 1.29 is 14.7 Å². The molecule has 0 saturated heterocycles. The first-order valence-electron chi connectivity index (χ1n) is 8.37. The van der Waals surface area contributed by atoms with Gasteiger partial charge < -0.3 is 10.4 Å². The molecule has 126 valence electrons. The zero-order valence-electron chi connectivity index (χ0n) is 14.3. The molecule has 1 saturated carbocycles. The van der Waals surface area contributed by atoms with E-state index in [2.05, 4.69) is 50.4 Å². The lowest BCUT2D eigenvalue weighted by Crippen LogP contribution is -2.33. The average Bonchev–Trinajstić information content (AvgIpc) is 2.93. The van der Waals surface area contributed by atoms with Crippen LogP contribution in [-0.2, 0) is 21.4 Å². The number of amides is 1. The maximum Gasteiger partial charge on any atom is 0.306 e. The molecular formula is C19H27NO3. The van der Waals surface area contributed by atoms with Gasteiger partial charge in [-0.15, -0.1) is 0 Å². The smallest absolute Gasteiger partial charge is 0.306 e. The number of aliphatic carboxylic acids is 1. The van der Waals surface area contributed by atoms with Gasteiger partial charge in [0.1, 0.15) is 0 Å². The molecule has 0 radical (unpaired) electrons. The Morgan fingerprint density at radius 2 is 1.83 bits per heavy atom. The molecule has 1 fully saturated rings. The van der Waals surface area contributed by atoms with Crippen molar-refractivity contribution in [3.05, 3.63) is 35.4 Å². The molecule has 2 rings (SSSR count). The van der Waals surface area contributed by atoms with Gasteiger partial charge in [0.2, 0.25) is 5.91 Å². The van der Waals surface area contributed by atoms with Gasteiger partial charge in [-0.1, -0.05) is 45.0 Å². The normalized spacial score (nSPS) is 21.2. The number of hydrogen-bond acceptors (Lipinski definition) is 2. The number of carbonyl (C=O) groups is 2. The molecule has 2 N–H and O–H groups in total. The number of nitrogens with one attached hydrogen (secondary N) is 1. The molecule has 4 heteroatoms. The van der Waals surface area contributed by atoms with Crippen molar-refractivity contribution in [2.75, 3.05) is 0 Å². The largest absolute Gasteiger partial charge is 0.481 e. The van der Waals surface area contributed by atoms with E-state index in [-0.39, 0.29) is 23.3 Å². The lowest BCUT2D eigenvalue weighted by molar-refractivity contribution is -0.141. The minimum Gasteiger partial charge on any atom is -0.481 e. The van der Waals surface area contributed by atoms with Crippen molar-refractivity contribution in [2.24, 2.45) is 5.92 Å². The van der Waals surface area contributed by atoms with E-state index in [0.29, 0.717) is 25.7 Å². The van der Waals surface area contributed by atoms with E-state index >= 15 is 0 Å². The van der Waals surface area contributed by atoms with Gasteiger partial charge in [0.25, 0.3) is 0 Å². The van der Waals surface area contributed by atoms with Crippen LogP contribution in [0.1, 0.15) is 57.6 Å². The fourth-order valence-electron chi connectivity index (χ4n) is 3.07. The van der Waals surface area contributed by atoms with Crippen molar-refractivity contribution in [3.8, 4) is 0 Å². The molecule has 1 amide bonds. The summed E-state index contributed by atoms with van der Waals surface area (Å²) in [6.45, 7) is 6.55. The minimum absolute atomic E-state index is 0.0148. The third-order valence-corrected chi connectivity index (χ3v) is 4.61. The first-order chi connectivity index (χ1) is 10.8. The van der Waals surface area contributed by atoms with Gasteiger partial charge in [-0.05, 0) is 42.2 Å². The summed E-state index contributed by atoms with van der Waals surface area (Å²) in [6, 6.07) is 8.45. The minimum atomic E-state index is -0.749. The molecule has 1 aliphatic rings. The molecule has 0 heterocycles. The van der Waals surface area contributed by atoms with Crippen molar-refractivity contribution in [1.82, 2.24) is 5.32 Å².